The summed E-state index contributed by atoms with van der Waals surface area (Å²) in [4.78, 5) is 56.4. The smallest absolute Gasteiger partial charge is 0.326 e. The van der Waals surface area contributed by atoms with E-state index in [1.165, 1.54) is 0 Å². The van der Waals surface area contributed by atoms with Crippen molar-refractivity contribution < 1.29 is 29.1 Å². The molecular weight excluding hydrogens is 372 g/mol. The monoisotopic (exact) mass is 402 g/mol. The van der Waals surface area contributed by atoms with Gasteiger partial charge >= 0.3 is 18.0 Å². The minimum absolute atomic E-state index is 0.0251. The lowest BCUT2D eigenvalue weighted by Crippen LogP contribution is -2.48. The third-order valence-corrected chi connectivity index (χ3v) is 3.52. The summed E-state index contributed by atoms with van der Waals surface area (Å²) in [5.41, 5.74) is 0. The van der Waals surface area contributed by atoms with Crippen LogP contribution in [-0.2, 0) is 14.4 Å². The highest BCUT2D eigenvalue weighted by molar-refractivity contribution is 5.83. The maximum Gasteiger partial charge on any atom is 0.326 e. The fraction of sp³-hybridized carbons (Fsp3) is 0.688. The van der Waals surface area contributed by atoms with Gasteiger partial charge in [-0.1, -0.05) is 13.8 Å². The predicted molar refractivity (Wildman–Crippen MR) is 100 cm³/mol. The molecule has 12 heteroatoms. The molecule has 160 valence electrons. The van der Waals surface area contributed by atoms with Crippen molar-refractivity contribution >= 4 is 29.8 Å². The molecule has 0 aromatic heterocycles. The van der Waals surface area contributed by atoms with E-state index in [-0.39, 0.29) is 38.0 Å². The van der Waals surface area contributed by atoms with Crippen molar-refractivity contribution in [3.05, 3.63) is 0 Å². The molecule has 0 fully saturated rings. The van der Waals surface area contributed by atoms with Crippen molar-refractivity contribution in [2.24, 2.45) is 0 Å². The number of urea groups is 2. The maximum absolute atomic E-state index is 11.6. The van der Waals surface area contributed by atoms with Crippen LogP contribution in [0.25, 0.3) is 0 Å². The van der Waals surface area contributed by atoms with Crippen LogP contribution in [0.5, 0.6) is 0 Å². The lowest BCUT2D eigenvalue weighted by atomic mass is 10.1. The maximum atomic E-state index is 11.6. The Balaban J connectivity index is 3.93. The predicted octanol–water partition coefficient (Wildman–Crippen LogP) is -0.824. The number of hydrogen-bond donors (Lipinski definition) is 7. The molecule has 0 heterocycles. The fourth-order valence-electron chi connectivity index (χ4n) is 1.90. The van der Waals surface area contributed by atoms with E-state index in [2.05, 4.69) is 31.9 Å². The second kappa shape index (κ2) is 15.1. The first-order chi connectivity index (χ1) is 13.3. The van der Waals surface area contributed by atoms with Crippen LogP contribution in [0.2, 0.25) is 0 Å². The van der Waals surface area contributed by atoms with Gasteiger partial charge in [0.05, 0.1) is 13.3 Å². The molecule has 0 spiro atoms. The number of carboxylic acids is 1. The van der Waals surface area contributed by atoms with Gasteiger partial charge in [-0.05, 0) is 19.3 Å². The number of hydrogen-bond acceptors (Lipinski definition) is 5. The summed E-state index contributed by atoms with van der Waals surface area (Å²) in [5.74, 6) is -1.59. The van der Waals surface area contributed by atoms with E-state index in [0.29, 0.717) is 25.8 Å². The number of rotatable bonds is 13. The van der Waals surface area contributed by atoms with Crippen LogP contribution in [0.1, 0.15) is 46.0 Å². The van der Waals surface area contributed by atoms with Gasteiger partial charge in [0.15, 0.2) is 0 Å². The van der Waals surface area contributed by atoms with Gasteiger partial charge in [0.1, 0.15) is 6.04 Å². The average molecular weight is 402 g/mol. The summed E-state index contributed by atoms with van der Waals surface area (Å²) >= 11 is 0. The number of carboxylic acid groups (broad SMARTS) is 1. The normalized spacial score (nSPS) is 10.9. The molecule has 0 saturated heterocycles. The van der Waals surface area contributed by atoms with Crippen molar-refractivity contribution in [2.75, 3.05) is 19.9 Å². The molecule has 0 rings (SSSR count). The van der Waals surface area contributed by atoms with Gasteiger partial charge in [0.25, 0.3) is 0 Å². The number of amides is 6. The molecule has 0 aliphatic heterocycles. The van der Waals surface area contributed by atoms with E-state index in [0.717, 1.165) is 0 Å². The molecule has 0 aromatic carbocycles. The van der Waals surface area contributed by atoms with Crippen LogP contribution in [0.15, 0.2) is 0 Å². The van der Waals surface area contributed by atoms with Crippen LogP contribution in [0.3, 0.4) is 0 Å². The molecule has 0 aliphatic carbocycles. The highest BCUT2D eigenvalue weighted by Crippen LogP contribution is 2.01. The Morgan fingerprint density at radius 1 is 0.750 bits per heavy atom. The Kier molecular flexibility index (Phi) is 13.4. The second-order valence-corrected chi connectivity index (χ2v) is 5.73. The molecule has 7 N–H and O–H groups in total. The summed E-state index contributed by atoms with van der Waals surface area (Å²) in [6.45, 7) is 3.61. The third-order valence-electron chi connectivity index (χ3n) is 3.52. The van der Waals surface area contributed by atoms with E-state index < -0.39 is 24.1 Å². The van der Waals surface area contributed by atoms with Gasteiger partial charge < -0.3 is 37.0 Å². The first-order valence-electron chi connectivity index (χ1n) is 9.12. The lowest BCUT2D eigenvalue weighted by Gasteiger charge is -2.15. The number of unbranched alkanes of at least 4 members (excludes halogenated alkanes) is 1. The highest BCUT2D eigenvalue weighted by atomic mass is 16.4. The number of carbonyl (C=O) groups excluding carboxylic acids is 4. The molecule has 0 aromatic rings. The van der Waals surface area contributed by atoms with Crippen LogP contribution < -0.4 is 31.9 Å². The zero-order valence-electron chi connectivity index (χ0n) is 16.2. The SMILES string of the molecule is CCC(=O)NCNC(=O)NCCCCC(NC(=O)NCNC(=O)CC)C(=O)O. The van der Waals surface area contributed by atoms with Crippen LogP contribution in [0, 0.1) is 0 Å². The minimum Gasteiger partial charge on any atom is -0.480 e. The summed E-state index contributed by atoms with van der Waals surface area (Å²) in [6.07, 6.45) is 1.75. The molecule has 28 heavy (non-hydrogen) atoms. The van der Waals surface area contributed by atoms with E-state index >= 15 is 0 Å². The molecule has 0 bridgehead atoms. The summed E-state index contributed by atoms with van der Waals surface area (Å²) in [6, 6.07) is -2.23. The summed E-state index contributed by atoms with van der Waals surface area (Å²) in [5, 5.41) is 23.8. The molecule has 1 atom stereocenters. The Bertz CT molecular complexity index is 542. The van der Waals surface area contributed by atoms with Crippen LogP contribution in [-0.4, -0.2) is 60.9 Å². The van der Waals surface area contributed by atoms with E-state index in [1.807, 2.05) is 0 Å². The zero-order valence-corrected chi connectivity index (χ0v) is 16.2. The van der Waals surface area contributed by atoms with Crippen molar-refractivity contribution in [1.29, 1.82) is 0 Å². The number of nitrogens with one attached hydrogen (secondary N) is 6. The molecular formula is C16H30N6O6. The van der Waals surface area contributed by atoms with Crippen molar-refractivity contribution in [3.63, 3.8) is 0 Å². The molecule has 1 unspecified atom stereocenters. The van der Waals surface area contributed by atoms with Crippen LogP contribution in [0.4, 0.5) is 9.59 Å². The van der Waals surface area contributed by atoms with Crippen molar-refractivity contribution in [2.45, 2.75) is 52.0 Å². The summed E-state index contributed by atoms with van der Waals surface area (Å²) < 4.78 is 0. The second-order valence-electron chi connectivity index (χ2n) is 5.73. The van der Waals surface area contributed by atoms with E-state index in [4.69, 9.17) is 5.11 Å². The lowest BCUT2D eigenvalue weighted by molar-refractivity contribution is -0.139. The Morgan fingerprint density at radius 3 is 1.79 bits per heavy atom. The Hall–Kier alpha value is -3.05. The molecule has 0 aliphatic rings. The molecule has 12 nitrogen and oxygen atoms in total. The largest absolute Gasteiger partial charge is 0.480 e. The Labute approximate surface area is 163 Å². The van der Waals surface area contributed by atoms with Crippen molar-refractivity contribution in [3.8, 4) is 0 Å². The molecule has 0 saturated carbocycles. The molecule has 6 amide bonds. The third kappa shape index (κ3) is 13.2. The standard InChI is InChI=1S/C16H30N6O6/c1-3-12(23)18-9-20-15(27)17-8-6-5-7-11(14(25)26)22-16(28)21-10-19-13(24)4-2/h11H,3-10H2,1-2H3,(H,18,23)(H,19,24)(H,25,26)(H2,17,20,27)(H2,21,22,28). The first-order valence-corrected chi connectivity index (χ1v) is 9.12. The highest BCUT2D eigenvalue weighted by Gasteiger charge is 2.19. The Morgan fingerprint density at radius 2 is 1.29 bits per heavy atom. The van der Waals surface area contributed by atoms with E-state index in [9.17, 15) is 24.0 Å². The quantitative estimate of drug-likeness (QED) is 0.156. The van der Waals surface area contributed by atoms with Gasteiger partial charge in [-0.15, -0.1) is 0 Å². The van der Waals surface area contributed by atoms with Gasteiger partial charge in [-0.3, -0.25) is 9.59 Å². The summed E-state index contributed by atoms with van der Waals surface area (Å²) in [7, 11) is 0. The van der Waals surface area contributed by atoms with Gasteiger partial charge in [0.2, 0.25) is 11.8 Å². The van der Waals surface area contributed by atoms with Crippen molar-refractivity contribution in [1.82, 2.24) is 31.9 Å². The van der Waals surface area contributed by atoms with E-state index in [1.54, 1.807) is 13.8 Å². The van der Waals surface area contributed by atoms with Gasteiger partial charge in [-0.2, -0.15) is 0 Å². The minimum atomic E-state index is -1.18. The average Bonchev–Trinajstić information content (AvgIpc) is 2.66. The first kappa shape index (κ1) is 24.9. The number of aliphatic carboxylic acids is 1. The fourth-order valence-corrected chi connectivity index (χ4v) is 1.90. The van der Waals surface area contributed by atoms with Gasteiger partial charge in [0, 0.05) is 19.4 Å². The number of carbonyl (C=O) groups is 5. The topological polar surface area (TPSA) is 178 Å². The molecule has 0 radical (unpaired) electrons. The zero-order chi connectivity index (χ0) is 21.4. The van der Waals surface area contributed by atoms with Crippen LogP contribution >= 0.6 is 0 Å². The van der Waals surface area contributed by atoms with Gasteiger partial charge in [-0.25, -0.2) is 14.4 Å².